The van der Waals surface area contributed by atoms with Crippen molar-refractivity contribution in [3.8, 4) is 17.6 Å². The van der Waals surface area contributed by atoms with Gasteiger partial charge < -0.3 is 14.8 Å². The molecular weight excluding hydrogens is 368 g/mol. The predicted molar refractivity (Wildman–Crippen MR) is 96.9 cm³/mol. The van der Waals surface area contributed by atoms with Gasteiger partial charge in [0.15, 0.2) is 11.5 Å². The van der Waals surface area contributed by atoms with Gasteiger partial charge in [0.25, 0.3) is 5.78 Å². The summed E-state index contributed by atoms with van der Waals surface area (Å²) in [5.41, 5.74) is 2.45. The Hall–Kier alpha value is -3.32. The number of ether oxygens (including phenoxy) is 2. The number of aromatic nitrogens is 4. The number of anilines is 1. The van der Waals surface area contributed by atoms with Crippen molar-refractivity contribution in [3.05, 3.63) is 35.2 Å². The van der Waals surface area contributed by atoms with Gasteiger partial charge in [0, 0.05) is 23.5 Å². The number of nitrogens with one attached hydrogen (secondary N) is 1. The topological polar surface area (TPSA) is 114 Å². The van der Waals surface area contributed by atoms with Crippen molar-refractivity contribution < 1.29 is 14.3 Å². The van der Waals surface area contributed by atoms with Gasteiger partial charge in [-0.3, -0.25) is 4.79 Å². The minimum atomic E-state index is -0.282. The molecular formula is C17H14N6O3S. The van der Waals surface area contributed by atoms with E-state index in [2.05, 4.69) is 20.4 Å². The van der Waals surface area contributed by atoms with Gasteiger partial charge in [0.2, 0.25) is 17.9 Å². The lowest BCUT2D eigenvalue weighted by Gasteiger charge is -2.07. The third-order valence-corrected chi connectivity index (χ3v) is 4.68. The summed E-state index contributed by atoms with van der Waals surface area (Å²) in [5.74, 6) is 1.30. The fourth-order valence-corrected chi connectivity index (χ4v) is 3.28. The average Bonchev–Trinajstić information content (AvgIpc) is 3.25. The van der Waals surface area contributed by atoms with Crippen LogP contribution in [0.1, 0.15) is 17.0 Å². The lowest BCUT2D eigenvalue weighted by molar-refractivity contribution is -0.113. The van der Waals surface area contributed by atoms with Crippen molar-refractivity contribution in [2.75, 3.05) is 17.9 Å². The maximum absolute atomic E-state index is 12.3. The van der Waals surface area contributed by atoms with Crippen LogP contribution in [0, 0.1) is 25.2 Å². The molecule has 0 radical (unpaired) electrons. The van der Waals surface area contributed by atoms with E-state index in [9.17, 15) is 10.1 Å². The van der Waals surface area contributed by atoms with Crippen LogP contribution in [0.5, 0.6) is 11.5 Å². The molecule has 1 amide bonds. The highest BCUT2D eigenvalue weighted by Gasteiger charge is 2.19. The summed E-state index contributed by atoms with van der Waals surface area (Å²) in [5, 5.41) is 16.8. The highest BCUT2D eigenvalue weighted by atomic mass is 32.2. The van der Waals surface area contributed by atoms with Gasteiger partial charge in [-0.2, -0.15) is 10.2 Å². The first-order valence-electron chi connectivity index (χ1n) is 8.01. The molecule has 0 aliphatic carbocycles. The molecule has 1 N–H and O–H groups in total. The number of hydrogen-bond acceptors (Lipinski definition) is 8. The van der Waals surface area contributed by atoms with Crippen LogP contribution in [0.3, 0.4) is 0 Å². The molecule has 1 aromatic carbocycles. The molecule has 3 heterocycles. The zero-order valence-electron chi connectivity index (χ0n) is 14.5. The molecule has 10 heteroatoms. The zero-order chi connectivity index (χ0) is 19.0. The Kier molecular flexibility index (Phi) is 4.29. The van der Waals surface area contributed by atoms with E-state index >= 15 is 0 Å². The molecule has 0 saturated carbocycles. The molecule has 3 aromatic rings. The quantitative estimate of drug-likeness (QED) is 0.682. The van der Waals surface area contributed by atoms with E-state index in [1.54, 1.807) is 16.6 Å². The van der Waals surface area contributed by atoms with E-state index in [4.69, 9.17) is 9.47 Å². The Morgan fingerprint density at radius 3 is 2.85 bits per heavy atom. The molecule has 136 valence electrons. The van der Waals surface area contributed by atoms with E-state index in [1.165, 1.54) is 11.8 Å². The molecule has 2 aromatic heterocycles. The first-order chi connectivity index (χ1) is 13.0. The second-order valence-electron chi connectivity index (χ2n) is 5.84. The van der Waals surface area contributed by atoms with Crippen LogP contribution < -0.4 is 14.8 Å². The lowest BCUT2D eigenvalue weighted by Crippen LogP contribution is -2.15. The molecule has 4 rings (SSSR count). The van der Waals surface area contributed by atoms with Crippen molar-refractivity contribution in [2.45, 2.75) is 19.0 Å². The van der Waals surface area contributed by atoms with Gasteiger partial charge in [-0.25, -0.2) is 9.50 Å². The van der Waals surface area contributed by atoms with E-state index < -0.39 is 0 Å². The monoisotopic (exact) mass is 382 g/mol. The highest BCUT2D eigenvalue weighted by Crippen LogP contribution is 2.36. The molecule has 0 saturated heterocycles. The molecule has 0 fully saturated rings. The van der Waals surface area contributed by atoms with Crippen LogP contribution in [0.25, 0.3) is 5.78 Å². The van der Waals surface area contributed by atoms with Gasteiger partial charge in [0.05, 0.1) is 17.0 Å². The number of aryl methyl sites for hydroxylation is 2. The van der Waals surface area contributed by atoms with Crippen molar-refractivity contribution >= 4 is 29.1 Å². The smallest absolute Gasteiger partial charge is 0.253 e. The summed E-state index contributed by atoms with van der Waals surface area (Å²) in [6.07, 6.45) is 0. The standard InChI is InChI=1S/C17H14N6O3S/c1-9-3-10(2)23-16(19-9)21-17(22-23)27-7-15(24)20-12-5-14-13(25-8-26-14)4-11(12)6-18/h3-5H,7-8H2,1-2H3,(H,20,24). The van der Waals surface area contributed by atoms with Crippen LogP contribution in [0.15, 0.2) is 23.4 Å². The van der Waals surface area contributed by atoms with Crippen LogP contribution in [-0.2, 0) is 4.79 Å². The summed E-state index contributed by atoms with van der Waals surface area (Å²) in [6.45, 7) is 3.90. The van der Waals surface area contributed by atoms with E-state index in [1.807, 2.05) is 26.0 Å². The second kappa shape index (κ2) is 6.77. The average molecular weight is 382 g/mol. The molecule has 1 aliphatic heterocycles. The largest absolute Gasteiger partial charge is 0.454 e. The number of hydrogen-bond donors (Lipinski definition) is 1. The number of carbonyl (C=O) groups is 1. The molecule has 0 atom stereocenters. The summed E-state index contributed by atoms with van der Waals surface area (Å²) < 4.78 is 12.2. The Bertz CT molecular complexity index is 1100. The van der Waals surface area contributed by atoms with Crippen LogP contribution in [-0.4, -0.2) is 38.0 Å². The van der Waals surface area contributed by atoms with Gasteiger partial charge in [-0.15, -0.1) is 5.10 Å². The number of nitriles is 1. The summed E-state index contributed by atoms with van der Waals surface area (Å²) in [6, 6.07) is 7.08. The van der Waals surface area contributed by atoms with Gasteiger partial charge in [-0.05, 0) is 19.9 Å². The molecule has 9 nitrogen and oxygen atoms in total. The Labute approximate surface area is 158 Å². The van der Waals surface area contributed by atoms with Crippen LogP contribution in [0.4, 0.5) is 5.69 Å². The number of carbonyl (C=O) groups excluding carboxylic acids is 1. The maximum Gasteiger partial charge on any atom is 0.253 e. The Balaban J connectivity index is 1.46. The van der Waals surface area contributed by atoms with E-state index in [-0.39, 0.29) is 18.5 Å². The SMILES string of the molecule is Cc1cc(C)n2nc(SCC(=O)Nc3cc4c(cc3C#N)OCO4)nc2n1. The normalized spacial score (nSPS) is 12.2. The molecule has 0 unspecified atom stereocenters. The number of nitrogens with zero attached hydrogens (tertiary/aromatic N) is 5. The van der Waals surface area contributed by atoms with Crippen LogP contribution in [0.2, 0.25) is 0 Å². The zero-order valence-corrected chi connectivity index (χ0v) is 15.3. The summed E-state index contributed by atoms with van der Waals surface area (Å²) >= 11 is 1.19. The Morgan fingerprint density at radius 1 is 1.30 bits per heavy atom. The number of thioether (sulfide) groups is 1. The molecule has 1 aliphatic rings. The Morgan fingerprint density at radius 2 is 2.07 bits per heavy atom. The summed E-state index contributed by atoms with van der Waals surface area (Å²) in [7, 11) is 0. The van der Waals surface area contributed by atoms with Gasteiger partial charge >= 0.3 is 0 Å². The molecule has 0 spiro atoms. The maximum atomic E-state index is 12.3. The fourth-order valence-electron chi connectivity index (χ4n) is 2.66. The van der Waals surface area contributed by atoms with E-state index in [0.717, 1.165) is 11.4 Å². The first kappa shape index (κ1) is 17.1. The third-order valence-electron chi connectivity index (χ3n) is 3.84. The number of amides is 1. The second-order valence-corrected chi connectivity index (χ2v) is 6.79. The minimum Gasteiger partial charge on any atom is -0.454 e. The van der Waals surface area contributed by atoms with E-state index in [0.29, 0.717) is 33.7 Å². The lowest BCUT2D eigenvalue weighted by atomic mass is 10.1. The van der Waals surface area contributed by atoms with Crippen molar-refractivity contribution in [1.82, 2.24) is 19.6 Å². The highest BCUT2D eigenvalue weighted by molar-refractivity contribution is 7.99. The number of fused-ring (bicyclic) bond motifs is 2. The van der Waals surface area contributed by atoms with Crippen molar-refractivity contribution in [3.63, 3.8) is 0 Å². The minimum absolute atomic E-state index is 0.0915. The van der Waals surface area contributed by atoms with Crippen molar-refractivity contribution in [1.29, 1.82) is 5.26 Å². The first-order valence-corrected chi connectivity index (χ1v) is 8.99. The third kappa shape index (κ3) is 3.37. The predicted octanol–water partition coefficient (Wildman–Crippen LogP) is 2.07. The number of benzene rings is 1. The molecule has 27 heavy (non-hydrogen) atoms. The molecule has 0 bridgehead atoms. The van der Waals surface area contributed by atoms with Gasteiger partial charge in [0.1, 0.15) is 6.07 Å². The number of rotatable bonds is 4. The fraction of sp³-hybridized carbons (Fsp3) is 0.235. The van der Waals surface area contributed by atoms with Crippen molar-refractivity contribution in [2.24, 2.45) is 0 Å². The summed E-state index contributed by atoms with van der Waals surface area (Å²) in [4.78, 5) is 20.9. The van der Waals surface area contributed by atoms with Gasteiger partial charge in [-0.1, -0.05) is 11.8 Å². The van der Waals surface area contributed by atoms with Crippen LogP contribution >= 0.6 is 11.8 Å².